The van der Waals surface area contributed by atoms with Gasteiger partial charge in [0.1, 0.15) is 16.5 Å². The largest absolute Gasteiger partial charge is 0.480 e. The van der Waals surface area contributed by atoms with Crippen molar-refractivity contribution >= 4 is 21.9 Å². The van der Waals surface area contributed by atoms with E-state index >= 15 is 0 Å². The van der Waals surface area contributed by atoms with E-state index in [1.807, 2.05) is 11.5 Å². The number of carboxylic acid groups (broad SMARTS) is 1. The van der Waals surface area contributed by atoms with Gasteiger partial charge in [0, 0.05) is 6.42 Å². The van der Waals surface area contributed by atoms with E-state index in [-0.39, 0.29) is 0 Å². The number of hydrogen-bond acceptors (Lipinski definition) is 2. The summed E-state index contributed by atoms with van der Waals surface area (Å²) in [5, 5.41) is 9.15. The normalized spacial score (nSPS) is 20.0. The lowest BCUT2D eigenvalue weighted by Crippen LogP contribution is -2.26. The molecule has 1 aromatic rings. The standard InChI is InChI=1S/C10H13BrN2O2/c1-2-8-12-9(11)6-4-3-5-7(10(14)15)13(6)8/h7H,2-5H2,1H3,(H,14,15). The zero-order valence-corrected chi connectivity index (χ0v) is 10.1. The third-order valence-corrected chi connectivity index (χ3v) is 3.47. The predicted molar refractivity (Wildman–Crippen MR) is 58.9 cm³/mol. The first-order chi connectivity index (χ1) is 7.15. The van der Waals surface area contributed by atoms with Crippen molar-refractivity contribution in [1.82, 2.24) is 9.55 Å². The van der Waals surface area contributed by atoms with Gasteiger partial charge in [0.05, 0.1) is 5.69 Å². The van der Waals surface area contributed by atoms with Gasteiger partial charge in [0.2, 0.25) is 0 Å². The van der Waals surface area contributed by atoms with Crippen LogP contribution in [0.25, 0.3) is 0 Å². The Hall–Kier alpha value is -0.840. The summed E-state index contributed by atoms with van der Waals surface area (Å²) in [5.74, 6) is 0.111. The molecule has 1 aliphatic rings. The third kappa shape index (κ3) is 1.69. The van der Waals surface area contributed by atoms with Gasteiger partial charge in [0.25, 0.3) is 0 Å². The van der Waals surface area contributed by atoms with Gasteiger partial charge in [-0.15, -0.1) is 0 Å². The van der Waals surface area contributed by atoms with Gasteiger partial charge in [-0.05, 0) is 35.2 Å². The predicted octanol–water partition coefficient (Wildman–Crippen LogP) is 2.17. The number of nitrogens with zero attached hydrogens (tertiary/aromatic N) is 2. The van der Waals surface area contributed by atoms with E-state index in [2.05, 4.69) is 20.9 Å². The number of carbonyl (C=O) groups is 1. The Morgan fingerprint density at radius 1 is 1.73 bits per heavy atom. The molecule has 1 aromatic heterocycles. The molecule has 2 rings (SSSR count). The maximum absolute atomic E-state index is 11.1. The Balaban J connectivity index is 2.53. The second-order valence-corrected chi connectivity index (χ2v) is 4.49. The van der Waals surface area contributed by atoms with Crippen LogP contribution in [0.2, 0.25) is 0 Å². The van der Waals surface area contributed by atoms with Gasteiger partial charge in [-0.25, -0.2) is 9.78 Å². The number of carboxylic acids is 1. The molecule has 2 heterocycles. The average Bonchev–Trinajstić information content (AvgIpc) is 2.55. The summed E-state index contributed by atoms with van der Waals surface area (Å²) in [6, 6.07) is -0.428. The fraction of sp³-hybridized carbons (Fsp3) is 0.600. The van der Waals surface area contributed by atoms with Crippen molar-refractivity contribution < 1.29 is 9.90 Å². The summed E-state index contributed by atoms with van der Waals surface area (Å²) in [7, 11) is 0. The van der Waals surface area contributed by atoms with E-state index < -0.39 is 12.0 Å². The van der Waals surface area contributed by atoms with Crippen molar-refractivity contribution in [1.29, 1.82) is 0 Å². The second kappa shape index (κ2) is 3.96. The zero-order valence-electron chi connectivity index (χ0n) is 8.53. The molecule has 0 aromatic carbocycles. The highest BCUT2D eigenvalue weighted by atomic mass is 79.9. The minimum absolute atomic E-state index is 0.428. The quantitative estimate of drug-likeness (QED) is 0.898. The van der Waals surface area contributed by atoms with Crippen LogP contribution in [0.5, 0.6) is 0 Å². The van der Waals surface area contributed by atoms with E-state index in [4.69, 9.17) is 5.11 Å². The smallest absolute Gasteiger partial charge is 0.326 e. The Morgan fingerprint density at radius 2 is 2.47 bits per heavy atom. The molecule has 1 aliphatic heterocycles. The topological polar surface area (TPSA) is 55.1 Å². The van der Waals surface area contributed by atoms with Gasteiger partial charge >= 0.3 is 5.97 Å². The van der Waals surface area contributed by atoms with Crippen LogP contribution in [-0.4, -0.2) is 20.6 Å². The molecule has 1 atom stereocenters. The molecular weight excluding hydrogens is 260 g/mol. The van der Waals surface area contributed by atoms with Gasteiger partial charge in [-0.1, -0.05) is 6.92 Å². The molecule has 5 heteroatoms. The zero-order chi connectivity index (χ0) is 11.0. The Morgan fingerprint density at radius 3 is 3.07 bits per heavy atom. The number of aliphatic carboxylic acids is 1. The number of imidazole rings is 1. The molecule has 0 aliphatic carbocycles. The molecule has 0 amide bonds. The van der Waals surface area contributed by atoms with Crippen LogP contribution in [0, 0.1) is 0 Å². The molecule has 0 spiro atoms. The average molecular weight is 273 g/mol. The van der Waals surface area contributed by atoms with Gasteiger partial charge < -0.3 is 9.67 Å². The number of fused-ring (bicyclic) bond motifs is 1. The van der Waals surface area contributed by atoms with Gasteiger partial charge in [-0.3, -0.25) is 0 Å². The first kappa shape index (κ1) is 10.7. The highest BCUT2D eigenvalue weighted by molar-refractivity contribution is 9.10. The van der Waals surface area contributed by atoms with E-state index in [9.17, 15) is 4.79 Å². The number of rotatable bonds is 2. The van der Waals surface area contributed by atoms with E-state index in [1.54, 1.807) is 0 Å². The summed E-state index contributed by atoms with van der Waals surface area (Å²) in [6.45, 7) is 2.00. The highest BCUT2D eigenvalue weighted by Gasteiger charge is 2.29. The summed E-state index contributed by atoms with van der Waals surface area (Å²) >= 11 is 3.40. The SMILES string of the molecule is CCc1nc(Br)c2n1C(C(=O)O)CCC2. The second-order valence-electron chi connectivity index (χ2n) is 3.74. The van der Waals surface area contributed by atoms with Gasteiger partial charge in [0.15, 0.2) is 0 Å². The molecule has 0 saturated heterocycles. The third-order valence-electron chi connectivity index (χ3n) is 2.84. The van der Waals surface area contributed by atoms with E-state index in [0.717, 1.165) is 35.4 Å². The Bertz CT molecular complexity index is 400. The number of halogens is 1. The molecule has 0 bridgehead atoms. The van der Waals surface area contributed by atoms with E-state index in [1.165, 1.54) is 0 Å². The molecule has 1 N–H and O–H groups in total. The fourth-order valence-corrected chi connectivity index (χ4v) is 2.75. The van der Waals surface area contributed by atoms with Crippen LogP contribution in [0.3, 0.4) is 0 Å². The van der Waals surface area contributed by atoms with Crippen LogP contribution in [0.4, 0.5) is 0 Å². The first-order valence-electron chi connectivity index (χ1n) is 5.13. The molecule has 0 radical (unpaired) electrons. The lowest BCUT2D eigenvalue weighted by Gasteiger charge is -2.23. The Labute approximate surface area is 96.4 Å². The molecule has 82 valence electrons. The monoisotopic (exact) mass is 272 g/mol. The Kier molecular flexibility index (Phi) is 2.82. The maximum atomic E-state index is 11.1. The summed E-state index contributed by atoms with van der Waals surface area (Å²) in [5.41, 5.74) is 1.03. The van der Waals surface area contributed by atoms with Crippen LogP contribution in [-0.2, 0) is 17.6 Å². The highest BCUT2D eigenvalue weighted by Crippen LogP contribution is 2.31. The van der Waals surface area contributed by atoms with Crippen molar-refractivity contribution in [2.45, 2.75) is 38.6 Å². The molecular formula is C10H13BrN2O2. The summed E-state index contributed by atoms with van der Waals surface area (Å²) in [4.78, 5) is 15.5. The molecule has 4 nitrogen and oxygen atoms in total. The molecule has 15 heavy (non-hydrogen) atoms. The molecule has 0 saturated carbocycles. The first-order valence-corrected chi connectivity index (χ1v) is 5.92. The van der Waals surface area contributed by atoms with Crippen molar-refractivity contribution in [2.24, 2.45) is 0 Å². The number of aromatic nitrogens is 2. The van der Waals surface area contributed by atoms with Crippen molar-refractivity contribution in [3.8, 4) is 0 Å². The van der Waals surface area contributed by atoms with Crippen molar-refractivity contribution in [3.63, 3.8) is 0 Å². The fourth-order valence-electron chi connectivity index (χ4n) is 2.15. The van der Waals surface area contributed by atoms with Gasteiger partial charge in [-0.2, -0.15) is 0 Å². The lowest BCUT2D eigenvalue weighted by molar-refractivity contribution is -0.141. The minimum atomic E-state index is -0.754. The number of hydrogen-bond donors (Lipinski definition) is 1. The van der Waals surface area contributed by atoms with Crippen LogP contribution >= 0.6 is 15.9 Å². The number of aryl methyl sites for hydroxylation is 1. The van der Waals surface area contributed by atoms with Crippen molar-refractivity contribution in [3.05, 3.63) is 16.1 Å². The maximum Gasteiger partial charge on any atom is 0.326 e. The lowest BCUT2D eigenvalue weighted by atomic mass is 10.0. The van der Waals surface area contributed by atoms with Crippen LogP contribution in [0.15, 0.2) is 4.60 Å². The summed E-state index contributed by atoms with van der Waals surface area (Å²) in [6.07, 6.45) is 3.31. The summed E-state index contributed by atoms with van der Waals surface area (Å²) < 4.78 is 2.70. The molecule has 0 fully saturated rings. The van der Waals surface area contributed by atoms with Crippen molar-refractivity contribution in [2.75, 3.05) is 0 Å². The minimum Gasteiger partial charge on any atom is -0.480 e. The van der Waals surface area contributed by atoms with Crippen LogP contribution < -0.4 is 0 Å². The molecule has 1 unspecified atom stereocenters. The van der Waals surface area contributed by atoms with E-state index in [0.29, 0.717) is 6.42 Å². The van der Waals surface area contributed by atoms with Crippen LogP contribution in [0.1, 0.15) is 37.3 Å².